The molecule has 1 atom stereocenters. The molecule has 0 aliphatic heterocycles. The van der Waals surface area contributed by atoms with E-state index in [-0.39, 0.29) is 11.7 Å². The van der Waals surface area contributed by atoms with Crippen LogP contribution in [0.25, 0.3) is 16.8 Å². The van der Waals surface area contributed by atoms with Crippen molar-refractivity contribution in [2.45, 2.75) is 25.7 Å². The lowest BCUT2D eigenvalue weighted by Gasteiger charge is -2.23. The molecule has 0 N–H and O–H groups in total. The minimum absolute atomic E-state index is 0.0157. The number of carbonyl (C=O) groups excluding carboxylic acids is 1. The van der Waals surface area contributed by atoms with Gasteiger partial charge < -0.3 is 0 Å². The predicted octanol–water partition coefficient (Wildman–Crippen LogP) is 4.67. The van der Waals surface area contributed by atoms with Gasteiger partial charge in [-0.1, -0.05) is 54.1 Å². The molecule has 0 spiro atoms. The van der Waals surface area contributed by atoms with Crippen LogP contribution in [-0.2, 0) is 6.42 Å². The number of ketones is 1. The molecular formula is C22H17ClN4O. The summed E-state index contributed by atoms with van der Waals surface area (Å²) in [6, 6.07) is 17.8. The Morgan fingerprint density at radius 3 is 2.64 bits per heavy atom. The highest BCUT2D eigenvalue weighted by Crippen LogP contribution is 2.34. The minimum atomic E-state index is 0.0157. The third-order valence-electron chi connectivity index (χ3n) is 5.33. The number of halogens is 1. The minimum Gasteiger partial charge on any atom is -0.292 e. The summed E-state index contributed by atoms with van der Waals surface area (Å²) in [4.78, 5) is 12.8. The Morgan fingerprint density at radius 2 is 1.86 bits per heavy atom. The molecule has 1 aliphatic rings. The smallest absolute Gasteiger partial charge is 0.185 e. The predicted molar refractivity (Wildman–Crippen MR) is 108 cm³/mol. The third kappa shape index (κ3) is 2.70. The fourth-order valence-corrected chi connectivity index (χ4v) is 4.21. The van der Waals surface area contributed by atoms with E-state index < -0.39 is 0 Å². The zero-order chi connectivity index (χ0) is 19.3. The second-order valence-corrected chi connectivity index (χ2v) is 7.58. The van der Waals surface area contributed by atoms with E-state index in [0.717, 1.165) is 28.1 Å². The molecule has 138 valence electrons. The summed E-state index contributed by atoms with van der Waals surface area (Å²) in [7, 11) is 0. The second kappa shape index (κ2) is 6.53. The van der Waals surface area contributed by atoms with Crippen molar-refractivity contribution < 1.29 is 4.79 Å². The zero-order valence-corrected chi connectivity index (χ0v) is 16.0. The molecule has 5 nitrogen and oxygen atoms in total. The first kappa shape index (κ1) is 17.1. The van der Waals surface area contributed by atoms with Crippen LogP contribution in [0.3, 0.4) is 0 Å². The van der Waals surface area contributed by atoms with E-state index in [9.17, 15) is 4.79 Å². The Kier molecular flexibility index (Phi) is 3.98. The Morgan fingerprint density at radius 1 is 1.04 bits per heavy atom. The van der Waals surface area contributed by atoms with E-state index >= 15 is 0 Å². The molecule has 0 amide bonds. The molecule has 28 heavy (non-hydrogen) atoms. The Bertz CT molecular complexity index is 1220. The van der Waals surface area contributed by atoms with Crippen molar-refractivity contribution in [3.63, 3.8) is 0 Å². The van der Waals surface area contributed by atoms with Gasteiger partial charge >= 0.3 is 0 Å². The molecule has 2 heterocycles. The van der Waals surface area contributed by atoms with Gasteiger partial charge in [0.15, 0.2) is 17.1 Å². The van der Waals surface area contributed by atoms with Crippen molar-refractivity contribution in [3.05, 3.63) is 82.3 Å². The Hall–Kier alpha value is -3.05. The van der Waals surface area contributed by atoms with Crippen molar-refractivity contribution in [2.24, 2.45) is 0 Å². The topological polar surface area (TPSA) is 60.1 Å². The molecule has 0 saturated carbocycles. The van der Waals surface area contributed by atoms with Gasteiger partial charge in [-0.25, -0.2) is 4.52 Å². The maximum atomic E-state index is 12.8. The number of benzene rings is 2. The number of hydrogen-bond donors (Lipinski definition) is 0. The van der Waals surface area contributed by atoms with Crippen LogP contribution in [-0.4, -0.2) is 25.6 Å². The first-order valence-electron chi connectivity index (χ1n) is 9.21. The summed E-state index contributed by atoms with van der Waals surface area (Å²) in [6.07, 6.45) is 1.14. The first-order chi connectivity index (χ1) is 13.6. The van der Waals surface area contributed by atoms with Crippen molar-refractivity contribution >= 4 is 23.0 Å². The van der Waals surface area contributed by atoms with E-state index in [1.807, 2.05) is 49.4 Å². The lowest BCUT2D eigenvalue weighted by Crippen LogP contribution is -2.24. The van der Waals surface area contributed by atoms with Crippen LogP contribution < -0.4 is 0 Å². The van der Waals surface area contributed by atoms with Crippen LogP contribution in [0.2, 0.25) is 5.02 Å². The summed E-state index contributed by atoms with van der Waals surface area (Å²) in [5, 5.41) is 14.0. The highest BCUT2D eigenvalue weighted by Gasteiger charge is 2.31. The van der Waals surface area contributed by atoms with E-state index in [0.29, 0.717) is 29.2 Å². The quantitative estimate of drug-likeness (QED) is 0.500. The second-order valence-electron chi connectivity index (χ2n) is 7.14. The van der Waals surface area contributed by atoms with E-state index in [2.05, 4.69) is 22.3 Å². The number of carbonyl (C=O) groups is 1. The molecule has 0 saturated heterocycles. The van der Waals surface area contributed by atoms with Crippen molar-refractivity contribution in [1.29, 1.82) is 0 Å². The van der Waals surface area contributed by atoms with Crippen molar-refractivity contribution in [2.75, 3.05) is 0 Å². The summed E-state index contributed by atoms with van der Waals surface area (Å²) in [5.74, 6) is 0.134. The SMILES string of the molecule is Cc1nn2c3c(nnc2c1-c1cccc(Cl)c1)C(=O)CC(c1ccccc1)C3. The molecule has 0 bridgehead atoms. The molecule has 5 rings (SSSR count). The van der Waals surface area contributed by atoms with Gasteiger partial charge in [-0.2, -0.15) is 5.10 Å². The summed E-state index contributed by atoms with van der Waals surface area (Å²) in [5.41, 5.74) is 5.74. The number of hydrogen-bond acceptors (Lipinski definition) is 4. The number of nitrogens with zero attached hydrogens (tertiary/aromatic N) is 4. The Balaban J connectivity index is 1.68. The molecule has 0 fully saturated rings. The summed E-state index contributed by atoms with van der Waals surface area (Å²) < 4.78 is 1.79. The number of rotatable bonds is 2. The molecule has 4 aromatic rings. The summed E-state index contributed by atoms with van der Waals surface area (Å²) >= 11 is 6.18. The van der Waals surface area contributed by atoms with Crippen LogP contribution in [0.5, 0.6) is 0 Å². The number of aryl methyl sites for hydroxylation is 1. The van der Waals surface area contributed by atoms with Gasteiger partial charge in [-0.3, -0.25) is 4.79 Å². The lowest BCUT2D eigenvalue weighted by atomic mass is 9.83. The van der Waals surface area contributed by atoms with Crippen LogP contribution in [0.1, 0.15) is 39.8 Å². The largest absolute Gasteiger partial charge is 0.292 e. The average molecular weight is 389 g/mol. The van der Waals surface area contributed by atoms with Gasteiger partial charge in [0.2, 0.25) is 0 Å². The Labute approximate surface area is 167 Å². The van der Waals surface area contributed by atoms with Crippen molar-refractivity contribution in [1.82, 2.24) is 19.8 Å². The molecule has 2 aromatic carbocycles. The fraction of sp³-hybridized carbons (Fsp3) is 0.182. The van der Waals surface area contributed by atoms with E-state index in [4.69, 9.17) is 16.7 Å². The normalized spacial score (nSPS) is 16.4. The van der Waals surface area contributed by atoms with Gasteiger partial charge in [0.05, 0.1) is 17.0 Å². The molecule has 1 aliphatic carbocycles. The van der Waals surface area contributed by atoms with E-state index in [1.54, 1.807) is 4.52 Å². The standard InChI is InChI=1S/C22H17ClN4O/c1-13-20(15-8-5-9-17(23)10-15)22-25-24-21-18(27(22)26-13)11-16(12-19(21)28)14-6-3-2-4-7-14/h2-10,16H,11-12H2,1H3. The molecule has 2 aromatic heterocycles. The van der Waals surface area contributed by atoms with E-state index in [1.165, 1.54) is 0 Å². The van der Waals surface area contributed by atoms with Gasteiger partial charge in [0.1, 0.15) is 0 Å². The molecular weight excluding hydrogens is 372 g/mol. The molecule has 6 heteroatoms. The molecule has 0 radical (unpaired) electrons. The van der Waals surface area contributed by atoms with Gasteiger partial charge in [0, 0.05) is 11.4 Å². The highest BCUT2D eigenvalue weighted by atomic mass is 35.5. The van der Waals surface area contributed by atoms with Crippen molar-refractivity contribution in [3.8, 4) is 11.1 Å². The van der Waals surface area contributed by atoms with Gasteiger partial charge in [-0.15, -0.1) is 10.2 Å². The van der Waals surface area contributed by atoms with Crippen LogP contribution in [0.15, 0.2) is 54.6 Å². The maximum absolute atomic E-state index is 12.8. The number of aromatic nitrogens is 4. The molecule has 1 unspecified atom stereocenters. The van der Waals surface area contributed by atoms with Gasteiger partial charge in [0.25, 0.3) is 0 Å². The maximum Gasteiger partial charge on any atom is 0.185 e. The van der Waals surface area contributed by atoms with Crippen LogP contribution in [0, 0.1) is 6.92 Å². The third-order valence-corrected chi connectivity index (χ3v) is 5.56. The monoisotopic (exact) mass is 388 g/mol. The summed E-state index contributed by atoms with van der Waals surface area (Å²) in [6.45, 7) is 1.94. The van der Waals surface area contributed by atoms with Gasteiger partial charge in [-0.05, 0) is 42.5 Å². The first-order valence-corrected chi connectivity index (χ1v) is 9.58. The van der Waals surface area contributed by atoms with Crippen LogP contribution >= 0.6 is 11.6 Å². The average Bonchev–Trinajstić information content (AvgIpc) is 3.05. The number of Topliss-reactive ketones (excluding diaryl/α,β-unsaturated/α-hetero) is 1. The van der Waals surface area contributed by atoms with Crippen LogP contribution in [0.4, 0.5) is 0 Å². The zero-order valence-electron chi connectivity index (χ0n) is 15.3. The number of fused-ring (bicyclic) bond motifs is 3. The highest BCUT2D eigenvalue weighted by molar-refractivity contribution is 6.30. The lowest BCUT2D eigenvalue weighted by molar-refractivity contribution is 0.0955. The fourth-order valence-electron chi connectivity index (χ4n) is 4.02.